The molecule has 0 saturated heterocycles. The van der Waals surface area contributed by atoms with Gasteiger partial charge in [0, 0.05) is 5.03 Å². The third kappa shape index (κ3) is 1.79. The van der Waals surface area contributed by atoms with Crippen molar-refractivity contribution in [2.24, 2.45) is 5.18 Å². The Kier molecular flexibility index (Phi) is 2.85. The summed E-state index contributed by atoms with van der Waals surface area (Å²) in [5, 5.41) is 3.47. The van der Waals surface area contributed by atoms with Crippen LogP contribution in [0.15, 0.2) is 28.1 Å². The Balaban J connectivity index is 2.83. The highest BCUT2D eigenvalue weighted by Gasteiger charge is 2.14. The summed E-state index contributed by atoms with van der Waals surface area (Å²) in [6.07, 6.45) is 4.29. The lowest BCUT2D eigenvalue weighted by Crippen LogP contribution is -2.02. The summed E-state index contributed by atoms with van der Waals surface area (Å²) in [6, 6.07) is 0. The molecule has 1 aliphatic rings. The van der Waals surface area contributed by atoms with Crippen molar-refractivity contribution in [2.75, 3.05) is 0 Å². The molecular weight excluding hydrogens is 264 g/mol. The van der Waals surface area contributed by atoms with E-state index in [1.807, 2.05) is 6.08 Å². The van der Waals surface area contributed by atoms with Crippen molar-refractivity contribution in [3.05, 3.63) is 27.8 Å². The maximum Gasteiger partial charge on any atom is 0.0994 e. The van der Waals surface area contributed by atoms with E-state index in [0.29, 0.717) is 10.7 Å². The monoisotopic (exact) mass is 269 g/mol. The fourth-order valence-electron chi connectivity index (χ4n) is 0.711. The second-order valence-corrected chi connectivity index (χ2v) is 3.89. The van der Waals surface area contributed by atoms with Crippen molar-refractivity contribution >= 4 is 34.2 Å². The molecule has 4 heteroatoms. The van der Waals surface area contributed by atoms with E-state index in [-0.39, 0.29) is 3.92 Å². The largest absolute Gasteiger partial charge is 0.145 e. The second-order valence-electron chi connectivity index (χ2n) is 1.95. The lowest BCUT2D eigenvalue weighted by atomic mass is 10.1. The van der Waals surface area contributed by atoms with Gasteiger partial charge in [-0.3, -0.25) is 0 Å². The van der Waals surface area contributed by atoms with E-state index in [0.717, 1.165) is 6.42 Å². The predicted molar refractivity (Wildman–Crippen MR) is 50.2 cm³/mol. The van der Waals surface area contributed by atoms with Gasteiger partial charge >= 0.3 is 0 Å². The highest BCUT2D eigenvalue weighted by molar-refractivity contribution is 14.1. The van der Waals surface area contributed by atoms with Gasteiger partial charge in [0.05, 0.1) is 9.62 Å². The number of halogens is 2. The van der Waals surface area contributed by atoms with Gasteiger partial charge in [-0.25, -0.2) is 0 Å². The molecule has 1 atom stereocenters. The summed E-state index contributed by atoms with van der Waals surface area (Å²) in [5.41, 5.74) is 0.535. The Hall–Kier alpha value is 0.100. The fraction of sp³-hybridized carbons (Fsp3) is 0.333. The van der Waals surface area contributed by atoms with Gasteiger partial charge in [0.25, 0.3) is 0 Å². The first-order valence-corrected chi connectivity index (χ1v) is 4.41. The normalized spacial score (nSPS) is 25.2. The molecule has 0 bridgehead atoms. The first kappa shape index (κ1) is 8.20. The Morgan fingerprint density at radius 1 is 1.80 bits per heavy atom. The maximum atomic E-state index is 10.1. The van der Waals surface area contributed by atoms with Crippen molar-refractivity contribution in [1.29, 1.82) is 0 Å². The van der Waals surface area contributed by atoms with Crippen LogP contribution in [0.25, 0.3) is 0 Å². The third-order valence-corrected chi connectivity index (χ3v) is 2.64. The van der Waals surface area contributed by atoms with Crippen LogP contribution in [-0.2, 0) is 0 Å². The van der Waals surface area contributed by atoms with E-state index < -0.39 is 0 Å². The molecule has 54 valence electrons. The van der Waals surface area contributed by atoms with Crippen molar-refractivity contribution in [3.8, 4) is 0 Å². The van der Waals surface area contributed by atoms with E-state index in [9.17, 15) is 4.91 Å². The van der Waals surface area contributed by atoms with Crippen LogP contribution in [0.2, 0.25) is 0 Å². The Morgan fingerprint density at radius 3 is 3.00 bits per heavy atom. The van der Waals surface area contributed by atoms with Gasteiger partial charge in [-0.15, -0.1) is 4.91 Å². The molecule has 0 radical (unpaired) electrons. The topological polar surface area (TPSA) is 29.4 Å². The van der Waals surface area contributed by atoms with Crippen LogP contribution in [-0.4, -0.2) is 3.92 Å². The summed E-state index contributed by atoms with van der Waals surface area (Å²) in [7, 11) is 0. The zero-order valence-corrected chi connectivity index (χ0v) is 7.96. The van der Waals surface area contributed by atoms with Crippen molar-refractivity contribution in [1.82, 2.24) is 0 Å². The van der Waals surface area contributed by atoms with Crippen molar-refractivity contribution in [3.63, 3.8) is 0 Å². The van der Waals surface area contributed by atoms with Crippen LogP contribution in [0.4, 0.5) is 0 Å². The summed E-state index contributed by atoms with van der Waals surface area (Å²) in [4.78, 5) is 10.1. The zero-order chi connectivity index (χ0) is 7.56. The van der Waals surface area contributed by atoms with Gasteiger partial charge in [-0.05, 0) is 17.7 Å². The number of hydrogen-bond acceptors (Lipinski definition) is 2. The molecule has 2 nitrogen and oxygen atoms in total. The molecule has 0 amide bonds. The lowest BCUT2D eigenvalue weighted by molar-refractivity contribution is 0.987. The average Bonchev–Trinajstić information content (AvgIpc) is 1.94. The molecule has 1 aliphatic carbocycles. The molecule has 1 unspecified atom stereocenters. The van der Waals surface area contributed by atoms with Crippen LogP contribution in [0, 0.1) is 4.91 Å². The number of nitrogens with zero attached hydrogens (tertiary/aromatic N) is 1. The van der Waals surface area contributed by atoms with E-state index in [1.54, 1.807) is 6.08 Å². The molecule has 0 aromatic rings. The minimum atomic E-state index is 0.192. The Bertz CT molecular complexity index is 212. The number of allylic oxidation sites excluding steroid dienone is 4. The van der Waals surface area contributed by atoms with Crippen LogP contribution in [0.5, 0.6) is 0 Å². The molecule has 10 heavy (non-hydrogen) atoms. The number of nitroso groups, excluding NO2 is 1. The Labute approximate surface area is 77.4 Å². The molecule has 0 aromatic heterocycles. The maximum absolute atomic E-state index is 10.1. The van der Waals surface area contributed by atoms with Crippen LogP contribution in [0.3, 0.4) is 0 Å². The average molecular weight is 269 g/mol. The van der Waals surface area contributed by atoms with Gasteiger partial charge in [0.15, 0.2) is 0 Å². The molecule has 0 aromatic carbocycles. The molecule has 0 saturated carbocycles. The van der Waals surface area contributed by atoms with Gasteiger partial charge in [0.1, 0.15) is 0 Å². The van der Waals surface area contributed by atoms with Crippen molar-refractivity contribution in [2.45, 2.75) is 10.3 Å². The minimum Gasteiger partial charge on any atom is -0.145 e. The zero-order valence-electron chi connectivity index (χ0n) is 5.05. The van der Waals surface area contributed by atoms with Crippen LogP contribution >= 0.6 is 34.2 Å². The molecule has 0 fully saturated rings. The summed E-state index contributed by atoms with van der Waals surface area (Å²) in [6.45, 7) is 0. The highest BCUT2D eigenvalue weighted by atomic mass is 127. The molecule has 0 spiro atoms. The smallest absolute Gasteiger partial charge is 0.0994 e. The first-order valence-electron chi connectivity index (χ1n) is 2.78. The molecular formula is C6H5ClINO. The van der Waals surface area contributed by atoms with E-state index in [4.69, 9.17) is 11.6 Å². The van der Waals surface area contributed by atoms with E-state index in [1.165, 1.54) is 0 Å². The van der Waals surface area contributed by atoms with Gasteiger partial charge in [0.2, 0.25) is 0 Å². The van der Waals surface area contributed by atoms with Gasteiger partial charge < -0.3 is 0 Å². The van der Waals surface area contributed by atoms with Gasteiger partial charge in [-0.1, -0.05) is 40.3 Å². The lowest BCUT2D eigenvalue weighted by Gasteiger charge is -2.09. The minimum absolute atomic E-state index is 0.192. The molecule has 0 N–H and O–H groups in total. The summed E-state index contributed by atoms with van der Waals surface area (Å²) in [5.74, 6) is 0. The SMILES string of the molecule is O=NC1=CC(Cl)=CCC1I. The van der Waals surface area contributed by atoms with Gasteiger partial charge in [-0.2, -0.15) is 0 Å². The standard InChI is InChI=1S/C6H5ClINO/c7-4-1-2-5(8)6(3-4)9-10/h1,3,5H,2H2. The Morgan fingerprint density at radius 2 is 2.50 bits per heavy atom. The molecule has 0 heterocycles. The quantitative estimate of drug-likeness (QED) is 0.409. The molecule has 0 aliphatic heterocycles. The van der Waals surface area contributed by atoms with E-state index in [2.05, 4.69) is 27.8 Å². The molecule has 1 rings (SSSR count). The van der Waals surface area contributed by atoms with Crippen LogP contribution < -0.4 is 0 Å². The number of alkyl halides is 1. The predicted octanol–water partition coefficient (Wildman–Crippen LogP) is 2.97. The second kappa shape index (κ2) is 3.48. The third-order valence-electron chi connectivity index (χ3n) is 1.23. The number of rotatable bonds is 1. The van der Waals surface area contributed by atoms with E-state index >= 15 is 0 Å². The summed E-state index contributed by atoms with van der Waals surface area (Å²) < 4.78 is 0.192. The fourth-order valence-corrected chi connectivity index (χ4v) is 1.46. The first-order chi connectivity index (χ1) is 4.74. The van der Waals surface area contributed by atoms with Crippen LogP contribution in [0.1, 0.15) is 6.42 Å². The van der Waals surface area contributed by atoms with Crippen molar-refractivity contribution < 1.29 is 0 Å². The summed E-state index contributed by atoms with van der Waals surface area (Å²) >= 11 is 7.80. The number of hydrogen-bond donors (Lipinski definition) is 0. The highest BCUT2D eigenvalue weighted by Crippen LogP contribution is 2.26.